The van der Waals surface area contributed by atoms with Gasteiger partial charge in [-0.05, 0) is 24.3 Å². The molecule has 0 bridgehead atoms. The Labute approximate surface area is 127 Å². The lowest BCUT2D eigenvalue weighted by Gasteiger charge is -2.25. The Morgan fingerprint density at radius 1 is 1.24 bits per heavy atom. The van der Waals surface area contributed by atoms with Crippen LogP contribution in [0.5, 0.6) is 5.75 Å². The number of thiazole rings is 1. The van der Waals surface area contributed by atoms with Gasteiger partial charge in [0.25, 0.3) is 0 Å². The number of halogens is 1. The van der Waals surface area contributed by atoms with Crippen LogP contribution in [0.15, 0.2) is 29.6 Å². The summed E-state index contributed by atoms with van der Waals surface area (Å²) in [5.41, 5.74) is 1.07. The van der Waals surface area contributed by atoms with E-state index in [1.807, 2.05) is 0 Å². The monoisotopic (exact) mass is 308 g/mol. The Morgan fingerprint density at radius 2 is 2.00 bits per heavy atom. The second-order valence-corrected chi connectivity index (χ2v) is 5.81. The average molecular weight is 308 g/mol. The van der Waals surface area contributed by atoms with Crippen molar-refractivity contribution in [3.05, 3.63) is 46.2 Å². The molecule has 0 atom stereocenters. The third kappa shape index (κ3) is 4.23. The normalized spacial score (nSPS) is 16.0. The molecule has 1 fully saturated rings. The summed E-state index contributed by atoms with van der Waals surface area (Å²) in [6.45, 7) is 4.78. The van der Waals surface area contributed by atoms with Crippen LogP contribution in [0, 0.1) is 5.82 Å². The minimum atomic E-state index is -0.260. The molecule has 4 nitrogen and oxygen atoms in total. The van der Waals surface area contributed by atoms with Crippen LogP contribution < -0.4 is 4.74 Å². The molecule has 0 unspecified atom stereocenters. The molecule has 1 aromatic carbocycles. The summed E-state index contributed by atoms with van der Waals surface area (Å²) in [5.74, 6) is 0.394. The third-order valence-corrected chi connectivity index (χ3v) is 4.14. The Bertz CT molecular complexity index is 567. The van der Waals surface area contributed by atoms with Crippen molar-refractivity contribution in [2.75, 3.05) is 26.3 Å². The molecule has 112 valence electrons. The van der Waals surface area contributed by atoms with Crippen molar-refractivity contribution in [2.45, 2.75) is 13.2 Å². The maximum atomic E-state index is 12.8. The van der Waals surface area contributed by atoms with E-state index in [0.29, 0.717) is 12.4 Å². The summed E-state index contributed by atoms with van der Waals surface area (Å²) >= 11 is 1.59. The molecule has 0 aliphatic carbocycles. The highest BCUT2D eigenvalue weighted by Gasteiger charge is 2.12. The zero-order valence-corrected chi connectivity index (χ0v) is 12.4. The van der Waals surface area contributed by atoms with Gasteiger partial charge in [-0.2, -0.15) is 0 Å². The van der Waals surface area contributed by atoms with Crippen LogP contribution >= 0.6 is 11.3 Å². The minimum absolute atomic E-state index is 0.260. The first-order valence-corrected chi connectivity index (χ1v) is 7.79. The summed E-state index contributed by atoms with van der Waals surface area (Å²) in [5, 5.41) is 3.00. The molecule has 1 saturated heterocycles. The molecular formula is C15H17FN2O2S. The number of ether oxygens (including phenoxy) is 2. The van der Waals surface area contributed by atoms with Gasteiger partial charge in [-0.15, -0.1) is 11.3 Å². The highest BCUT2D eigenvalue weighted by atomic mass is 32.1. The van der Waals surface area contributed by atoms with Gasteiger partial charge in [0.2, 0.25) is 0 Å². The number of rotatable bonds is 5. The van der Waals surface area contributed by atoms with Crippen LogP contribution in [-0.4, -0.2) is 36.2 Å². The van der Waals surface area contributed by atoms with Crippen LogP contribution in [0.2, 0.25) is 0 Å². The van der Waals surface area contributed by atoms with E-state index >= 15 is 0 Å². The number of hydrogen-bond donors (Lipinski definition) is 0. The molecule has 0 N–H and O–H groups in total. The molecule has 0 saturated carbocycles. The quantitative estimate of drug-likeness (QED) is 0.850. The second-order valence-electron chi connectivity index (χ2n) is 4.86. The highest BCUT2D eigenvalue weighted by molar-refractivity contribution is 7.09. The van der Waals surface area contributed by atoms with Crippen molar-refractivity contribution >= 4 is 11.3 Å². The van der Waals surface area contributed by atoms with Gasteiger partial charge in [0.15, 0.2) is 0 Å². The molecule has 1 aromatic heterocycles. The summed E-state index contributed by atoms with van der Waals surface area (Å²) in [6, 6.07) is 6.03. The predicted octanol–water partition coefficient (Wildman–Crippen LogP) is 2.69. The zero-order valence-electron chi connectivity index (χ0n) is 11.6. The lowest BCUT2D eigenvalue weighted by Crippen LogP contribution is -2.35. The van der Waals surface area contributed by atoms with Crippen LogP contribution in [0.3, 0.4) is 0 Å². The molecule has 2 heterocycles. The van der Waals surface area contributed by atoms with E-state index in [9.17, 15) is 4.39 Å². The fourth-order valence-corrected chi connectivity index (χ4v) is 2.85. The topological polar surface area (TPSA) is 34.6 Å². The molecule has 0 amide bonds. The smallest absolute Gasteiger partial charge is 0.140 e. The van der Waals surface area contributed by atoms with Crippen molar-refractivity contribution in [3.8, 4) is 5.75 Å². The average Bonchev–Trinajstić information content (AvgIpc) is 2.95. The summed E-state index contributed by atoms with van der Waals surface area (Å²) < 4.78 is 23.7. The lowest BCUT2D eigenvalue weighted by atomic mass is 10.3. The van der Waals surface area contributed by atoms with E-state index in [2.05, 4.69) is 15.3 Å². The van der Waals surface area contributed by atoms with Crippen molar-refractivity contribution in [2.24, 2.45) is 0 Å². The van der Waals surface area contributed by atoms with Crippen molar-refractivity contribution < 1.29 is 13.9 Å². The SMILES string of the molecule is Fc1ccc(OCc2nc(CN3CCOCC3)cs2)cc1. The van der Waals surface area contributed by atoms with Gasteiger partial charge >= 0.3 is 0 Å². The molecule has 3 rings (SSSR count). The Balaban J connectivity index is 1.51. The summed E-state index contributed by atoms with van der Waals surface area (Å²) in [7, 11) is 0. The van der Waals surface area contributed by atoms with E-state index in [1.54, 1.807) is 23.5 Å². The van der Waals surface area contributed by atoms with Crippen LogP contribution in [0.4, 0.5) is 4.39 Å². The standard InChI is InChI=1S/C15H17FN2O2S/c16-12-1-3-14(4-2-12)20-10-15-17-13(11-21-15)9-18-5-7-19-8-6-18/h1-4,11H,5-10H2. The lowest BCUT2D eigenvalue weighted by molar-refractivity contribution is 0.0337. The molecule has 1 aliphatic heterocycles. The van der Waals surface area contributed by atoms with Crippen molar-refractivity contribution in [1.82, 2.24) is 9.88 Å². The van der Waals surface area contributed by atoms with Gasteiger partial charge in [-0.25, -0.2) is 9.37 Å². The largest absolute Gasteiger partial charge is 0.486 e. The number of hydrogen-bond acceptors (Lipinski definition) is 5. The predicted molar refractivity (Wildman–Crippen MR) is 78.9 cm³/mol. The molecule has 0 radical (unpaired) electrons. The van der Waals surface area contributed by atoms with Gasteiger partial charge in [0.1, 0.15) is 23.2 Å². The van der Waals surface area contributed by atoms with Gasteiger partial charge in [0, 0.05) is 25.0 Å². The zero-order chi connectivity index (χ0) is 14.5. The van der Waals surface area contributed by atoms with Gasteiger partial charge in [-0.1, -0.05) is 0 Å². The molecule has 21 heavy (non-hydrogen) atoms. The van der Waals surface area contributed by atoms with Gasteiger partial charge in [-0.3, -0.25) is 4.90 Å². The Kier molecular flexibility index (Phi) is 4.80. The number of benzene rings is 1. The van der Waals surface area contributed by atoms with E-state index in [1.165, 1.54) is 12.1 Å². The fraction of sp³-hybridized carbons (Fsp3) is 0.400. The Morgan fingerprint density at radius 3 is 2.76 bits per heavy atom. The highest BCUT2D eigenvalue weighted by Crippen LogP contribution is 2.17. The number of aromatic nitrogens is 1. The second kappa shape index (κ2) is 6.98. The van der Waals surface area contributed by atoms with Crippen molar-refractivity contribution in [3.63, 3.8) is 0 Å². The van der Waals surface area contributed by atoms with Crippen molar-refractivity contribution in [1.29, 1.82) is 0 Å². The van der Waals surface area contributed by atoms with Crippen LogP contribution in [0.25, 0.3) is 0 Å². The number of nitrogens with zero attached hydrogens (tertiary/aromatic N) is 2. The molecule has 1 aliphatic rings. The molecule has 2 aromatic rings. The summed E-state index contributed by atoms with van der Waals surface area (Å²) in [6.07, 6.45) is 0. The van der Waals surface area contributed by atoms with Gasteiger partial charge in [0.05, 0.1) is 18.9 Å². The van der Waals surface area contributed by atoms with Gasteiger partial charge < -0.3 is 9.47 Å². The molecule has 6 heteroatoms. The van der Waals surface area contributed by atoms with Crippen LogP contribution in [0.1, 0.15) is 10.7 Å². The first-order valence-electron chi connectivity index (χ1n) is 6.91. The minimum Gasteiger partial charge on any atom is -0.486 e. The maximum absolute atomic E-state index is 12.8. The van der Waals surface area contributed by atoms with E-state index < -0.39 is 0 Å². The third-order valence-electron chi connectivity index (χ3n) is 3.26. The molecular weight excluding hydrogens is 291 g/mol. The van der Waals surface area contributed by atoms with E-state index in [4.69, 9.17) is 9.47 Å². The van der Waals surface area contributed by atoms with E-state index in [-0.39, 0.29) is 5.82 Å². The summed E-state index contributed by atoms with van der Waals surface area (Å²) in [4.78, 5) is 6.91. The number of morpholine rings is 1. The Hall–Kier alpha value is -1.50. The van der Waals surface area contributed by atoms with Crippen LogP contribution in [-0.2, 0) is 17.9 Å². The fourth-order valence-electron chi connectivity index (χ4n) is 2.15. The maximum Gasteiger partial charge on any atom is 0.140 e. The molecule has 0 spiro atoms. The van der Waals surface area contributed by atoms with E-state index in [0.717, 1.165) is 43.5 Å². The first-order chi connectivity index (χ1) is 10.3. The first kappa shape index (κ1) is 14.4.